The maximum Gasteiger partial charge on any atom is 0.255 e. The lowest BCUT2D eigenvalue weighted by atomic mass is 10.1. The highest BCUT2D eigenvalue weighted by Crippen LogP contribution is 2.15. The monoisotopic (exact) mass is 544 g/mol. The zero-order valence-corrected chi connectivity index (χ0v) is 22.5. The molecule has 3 aromatic carbocycles. The number of carbonyl (C=O) groups excluding carboxylic acids is 2. The molecule has 0 aromatic heterocycles. The molecule has 2 amide bonds. The van der Waals surface area contributed by atoms with Crippen molar-refractivity contribution in [3.8, 4) is 0 Å². The minimum absolute atomic E-state index is 0. The van der Waals surface area contributed by atoms with Gasteiger partial charge in [0.25, 0.3) is 11.8 Å². The second kappa shape index (κ2) is 13.6. The highest BCUT2D eigenvalue weighted by atomic mass is 35.5. The largest absolute Gasteiger partial charge is 0.373 e. The number of nitrogens with zero attached hydrogens (tertiary/aromatic N) is 2. The predicted molar refractivity (Wildman–Crippen MR) is 160 cm³/mol. The molecule has 202 valence electrons. The Morgan fingerprint density at radius 2 is 1.00 bits per heavy atom. The molecule has 0 bridgehead atoms. The van der Waals surface area contributed by atoms with Gasteiger partial charge in [-0.3, -0.25) is 19.6 Å². The first-order valence-electron chi connectivity index (χ1n) is 13.1. The zero-order chi connectivity index (χ0) is 26.2. The molecule has 0 spiro atoms. The molecule has 0 fully saturated rings. The van der Waals surface area contributed by atoms with Crippen LogP contribution in [-0.4, -0.2) is 49.7 Å². The van der Waals surface area contributed by atoms with E-state index in [1.54, 1.807) is 24.3 Å². The number of halogens is 1. The van der Waals surface area contributed by atoms with E-state index in [1.165, 1.54) is 0 Å². The van der Waals surface area contributed by atoms with E-state index in [1.807, 2.05) is 48.5 Å². The van der Waals surface area contributed by atoms with Gasteiger partial charge in [-0.05, 0) is 72.5 Å². The van der Waals surface area contributed by atoms with Crippen LogP contribution in [0.15, 0.2) is 82.8 Å². The topological polar surface area (TPSA) is 107 Å². The van der Waals surface area contributed by atoms with Gasteiger partial charge in [0.1, 0.15) is 11.7 Å². The van der Waals surface area contributed by atoms with Gasteiger partial charge in [-0.1, -0.05) is 24.3 Å². The second-order valence-electron chi connectivity index (χ2n) is 9.45. The van der Waals surface area contributed by atoms with Gasteiger partial charge in [-0.15, -0.1) is 12.4 Å². The van der Waals surface area contributed by atoms with Gasteiger partial charge in [0.05, 0.1) is 0 Å². The van der Waals surface area contributed by atoms with Crippen LogP contribution in [0, 0.1) is 0 Å². The summed E-state index contributed by atoms with van der Waals surface area (Å²) in [6.45, 7) is 3.68. The van der Waals surface area contributed by atoms with Crippen LogP contribution in [0.5, 0.6) is 0 Å². The molecule has 39 heavy (non-hydrogen) atoms. The third-order valence-electron chi connectivity index (χ3n) is 6.51. The van der Waals surface area contributed by atoms with E-state index in [0.29, 0.717) is 22.5 Å². The molecule has 2 aliphatic heterocycles. The highest BCUT2D eigenvalue weighted by molar-refractivity contribution is 6.07. The summed E-state index contributed by atoms with van der Waals surface area (Å²) in [5.41, 5.74) is 4.67. The minimum atomic E-state index is -0.226. The molecular weight excluding hydrogens is 512 g/mol. The van der Waals surface area contributed by atoms with E-state index < -0.39 is 0 Å². The number of hydrogen-bond acceptors (Lipinski definition) is 6. The van der Waals surface area contributed by atoms with Crippen molar-refractivity contribution in [3.05, 3.63) is 95.1 Å². The van der Waals surface area contributed by atoms with Crippen LogP contribution >= 0.6 is 12.4 Å². The molecule has 9 heteroatoms. The SMILES string of the molecule is Cl.O=C(Nc1ccc(CC2=NCCCN2)cc1)c1ccc(C(=O)Nc2ccc(CC3=NCCCN3)cc2)cc1. The molecule has 4 N–H and O–H groups in total. The standard InChI is InChI=1S/C30H32N6O2.ClH/c37-29(35-25-11-3-21(4-12-25)19-27-31-15-1-16-32-27)23-7-9-24(10-8-23)30(38)36-26-13-5-22(6-14-26)20-28-33-17-2-18-34-28;/h3-14H,1-2,15-20H2,(H,31,32)(H,33,34)(H,35,37)(H,36,38);1H. The molecular formula is C30H33ClN6O2. The lowest BCUT2D eigenvalue weighted by Gasteiger charge is -2.14. The van der Waals surface area contributed by atoms with E-state index in [4.69, 9.17) is 0 Å². The minimum Gasteiger partial charge on any atom is -0.373 e. The van der Waals surface area contributed by atoms with Crippen LogP contribution in [0.4, 0.5) is 11.4 Å². The Morgan fingerprint density at radius 3 is 1.33 bits per heavy atom. The van der Waals surface area contributed by atoms with E-state index in [9.17, 15) is 9.59 Å². The normalized spacial score (nSPS) is 14.5. The summed E-state index contributed by atoms with van der Waals surface area (Å²) in [5.74, 6) is 1.57. The number of anilines is 2. The van der Waals surface area contributed by atoms with Crippen molar-refractivity contribution >= 4 is 47.3 Å². The van der Waals surface area contributed by atoms with E-state index in [-0.39, 0.29) is 24.2 Å². The summed E-state index contributed by atoms with van der Waals surface area (Å²) in [7, 11) is 0. The number of carbonyl (C=O) groups is 2. The van der Waals surface area contributed by atoms with Crippen molar-refractivity contribution in [2.24, 2.45) is 9.98 Å². The van der Waals surface area contributed by atoms with E-state index in [0.717, 1.165) is 74.7 Å². The Hall–Kier alpha value is -4.17. The molecule has 5 rings (SSSR count). The van der Waals surface area contributed by atoms with Gasteiger partial charge in [0, 0.05) is 61.5 Å². The quantitative estimate of drug-likeness (QED) is 0.335. The summed E-state index contributed by atoms with van der Waals surface area (Å²) in [4.78, 5) is 34.4. The Morgan fingerprint density at radius 1 is 0.615 bits per heavy atom. The third kappa shape index (κ3) is 7.91. The molecule has 3 aromatic rings. The Bertz CT molecular complexity index is 1230. The summed E-state index contributed by atoms with van der Waals surface area (Å²) in [5, 5.41) is 12.5. The van der Waals surface area contributed by atoms with Crippen LogP contribution in [0.1, 0.15) is 44.7 Å². The van der Waals surface area contributed by atoms with Gasteiger partial charge in [-0.25, -0.2) is 0 Å². The first-order valence-corrected chi connectivity index (χ1v) is 13.1. The average molecular weight is 545 g/mol. The molecule has 8 nitrogen and oxygen atoms in total. The molecule has 0 saturated heterocycles. The van der Waals surface area contributed by atoms with Crippen molar-refractivity contribution in [2.45, 2.75) is 25.7 Å². The van der Waals surface area contributed by atoms with Crippen molar-refractivity contribution in [1.29, 1.82) is 0 Å². The van der Waals surface area contributed by atoms with Crippen LogP contribution in [0.3, 0.4) is 0 Å². The summed E-state index contributed by atoms with van der Waals surface area (Å²) >= 11 is 0. The molecule has 0 unspecified atom stereocenters. The van der Waals surface area contributed by atoms with Crippen LogP contribution in [0.25, 0.3) is 0 Å². The summed E-state index contributed by atoms with van der Waals surface area (Å²) in [6, 6.07) is 22.2. The third-order valence-corrected chi connectivity index (χ3v) is 6.51. The van der Waals surface area contributed by atoms with Gasteiger partial charge < -0.3 is 21.3 Å². The highest BCUT2D eigenvalue weighted by Gasteiger charge is 2.11. The predicted octanol–water partition coefficient (Wildman–Crippen LogP) is 4.48. The van der Waals surface area contributed by atoms with Gasteiger partial charge in [-0.2, -0.15) is 0 Å². The van der Waals surface area contributed by atoms with E-state index >= 15 is 0 Å². The number of rotatable bonds is 8. The van der Waals surface area contributed by atoms with Gasteiger partial charge in [0.15, 0.2) is 0 Å². The molecule has 2 aliphatic rings. The van der Waals surface area contributed by atoms with Crippen molar-refractivity contribution in [2.75, 3.05) is 36.8 Å². The van der Waals surface area contributed by atoms with Gasteiger partial charge in [0.2, 0.25) is 0 Å². The number of hydrogen-bond donors (Lipinski definition) is 4. The Labute approximate surface area is 234 Å². The number of nitrogens with one attached hydrogen (secondary N) is 4. The van der Waals surface area contributed by atoms with Crippen LogP contribution < -0.4 is 21.3 Å². The first kappa shape index (κ1) is 27.9. The number of benzene rings is 3. The fourth-order valence-corrected chi connectivity index (χ4v) is 4.38. The lowest BCUT2D eigenvalue weighted by molar-refractivity contribution is 0.101. The van der Waals surface area contributed by atoms with Crippen LogP contribution in [-0.2, 0) is 12.8 Å². The van der Waals surface area contributed by atoms with Crippen LogP contribution in [0.2, 0.25) is 0 Å². The van der Waals surface area contributed by atoms with Crippen molar-refractivity contribution < 1.29 is 9.59 Å². The molecule has 0 aliphatic carbocycles. The Balaban J connectivity index is 0.00000353. The summed E-state index contributed by atoms with van der Waals surface area (Å²) in [6.07, 6.45) is 3.66. The van der Waals surface area contributed by atoms with Crippen molar-refractivity contribution in [3.63, 3.8) is 0 Å². The number of aliphatic imine (C=N–C) groups is 2. The fourth-order valence-electron chi connectivity index (χ4n) is 4.38. The van der Waals surface area contributed by atoms with Gasteiger partial charge >= 0.3 is 0 Å². The van der Waals surface area contributed by atoms with E-state index in [2.05, 4.69) is 31.3 Å². The molecule has 0 radical (unpaired) electrons. The maximum absolute atomic E-state index is 12.7. The summed E-state index contributed by atoms with van der Waals surface area (Å²) < 4.78 is 0. The molecule has 0 atom stereocenters. The average Bonchev–Trinajstić information content (AvgIpc) is 2.96. The number of amides is 2. The smallest absolute Gasteiger partial charge is 0.255 e. The fraction of sp³-hybridized carbons (Fsp3) is 0.267. The number of amidine groups is 2. The molecule has 0 saturated carbocycles. The maximum atomic E-state index is 12.7. The molecule has 2 heterocycles. The second-order valence-corrected chi connectivity index (χ2v) is 9.45. The first-order chi connectivity index (χ1) is 18.6. The lowest BCUT2D eigenvalue weighted by Crippen LogP contribution is -2.30. The van der Waals surface area contributed by atoms with Crippen molar-refractivity contribution in [1.82, 2.24) is 10.6 Å². The zero-order valence-electron chi connectivity index (χ0n) is 21.7. The Kier molecular flexibility index (Phi) is 9.69.